The molecule has 4 rings (SSSR count). The van der Waals surface area contributed by atoms with Crippen LogP contribution >= 0.6 is 11.8 Å². The fourth-order valence-corrected chi connectivity index (χ4v) is 5.25. The molecule has 0 fully saturated rings. The Hall–Kier alpha value is -3.45. The molecule has 34 heavy (non-hydrogen) atoms. The summed E-state index contributed by atoms with van der Waals surface area (Å²) in [6, 6.07) is 23.5. The van der Waals surface area contributed by atoms with Crippen LogP contribution in [0.4, 0.5) is 5.69 Å². The lowest BCUT2D eigenvalue weighted by atomic mass is 10.1. The summed E-state index contributed by atoms with van der Waals surface area (Å²) in [6.45, 7) is 0.513. The van der Waals surface area contributed by atoms with E-state index in [1.165, 1.54) is 0 Å². The van der Waals surface area contributed by atoms with Crippen molar-refractivity contribution in [2.24, 2.45) is 0 Å². The average molecular weight is 477 g/mol. The van der Waals surface area contributed by atoms with E-state index in [0.717, 1.165) is 28.1 Å². The standard InChI is InChI=1S/C27H28N2O4S/c1-32-22-13-12-20(16-23(22)33-2)25-17-27(31)29(21-10-6-7-11-24(21)34-25)18-26(30)28-15-14-19-8-4-3-5-9-19/h3-13,16,25H,14-15,17-18H2,1-2H3,(H,28,30)/t25-/m1/s1. The quantitative estimate of drug-likeness (QED) is 0.513. The normalized spacial score (nSPS) is 15.3. The van der Waals surface area contributed by atoms with Gasteiger partial charge in [-0.25, -0.2) is 0 Å². The maximum atomic E-state index is 13.3. The maximum absolute atomic E-state index is 13.3. The van der Waals surface area contributed by atoms with Crippen LogP contribution in [-0.2, 0) is 16.0 Å². The SMILES string of the molecule is COc1ccc([C@H]2CC(=O)N(CC(=O)NCCc3ccccc3)c3ccccc3S2)cc1OC. The predicted molar refractivity (Wildman–Crippen MR) is 135 cm³/mol. The molecule has 0 spiro atoms. The molecule has 0 saturated heterocycles. The van der Waals surface area contributed by atoms with Crippen molar-refractivity contribution in [1.82, 2.24) is 5.32 Å². The summed E-state index contributed by atoms with van der Waals surface area (Å²) in [5.41, 5.74) is 2.90. The Morgan fingerprint density at radius 2 is 1.74 bits per heavy atom. The molecule has 1 aliphatic rings. The second-order valence-electron chi connectivity index (χ2n) is 7.96. The molecule has 0 radical (unpaired) electrons. The van der Waals surface area contributed by atoms with Gasteiger partial charge in [-0.3, -0.25) is 9.59 Å². The Labute approximate surface area is 204 Å². The summed E-state index contributed by atoms with van der Waals surface area (Å²) in [6.07, 6.45) is 1.01. The lowest BCUT2D eigenvalue weighted by Crippen LogP contribution is -2.41. The molecule has 3 aromatic carbocycles. The van der Waals surface area contributed by atoms with E-state index in [9.17, 15) is 9.59 Å². The highest BCUT2D eigenvalue weighted by atomic mass is 32.2. The van der Waals surface area contributed by atoms with Gasteiger partial charge in [0.25, 0.3) is 0 Å². The Morgan fingerprint density at radius 3 is 2.50 bits per heavy atom. The van der Waals surface area contributed by atoms with Crippen molar-refractivity contribution in [3.8, 4) is 11.5 Å². The molecular weight excluding hydrogens is 448 g/mol. The summed E-state index contributed by atoms with van der Waals surface area (Å²) >= 11 is 1.62. The third kappa shape index (κ3) is 5.54. The number of hydrogen-bond donors (Lipinski definition) is 1. The number of ether oxygens (including phenoxy) is 2. The van der Waals surface area contributed by atoms with Crippen molar-refractivity contribution in [3.63, 3.8) is 0 Å². The van der Waals surface area contributed by atoms with E-state index in [4.69, 9.17) is 9.47 Å². The third-order valence-corrected chi connectivity index (χ3v) is 7.07. The van der Waals surface area contributed by atoms with Crippen LogP contribution in [0, 0.1) is 0 Å². The monoisotopic (exact) mass is 476 g/mol. The summed E-state index contributed by atoms with van der Waals surface area (Å²) in [7, 11) is 3.20. The van der Waals surface area contributed by atoms with Crippen LogP contribution in [0.3, 0.4) is 0 Å². The number of anilines is 1. The van der Waals surface area contributed by atoms with Crippen LogP contribution in [0.25, 0.3) is 0 Å². The van der Waals surface area contributed by atoms with Gasteiger partial charge in [-0.2, -0.15) is 0 Å². The molecule has 0 aromatic heterocycles. The highest BCUT2D eigenvalue weighted by Crippen LogP contribution is 2.46. The Morgan fingerprint density at radius 1 is 1.00 bits per heavy atom. The number of rotatable bonds is 8. The fraction of sp³-hybridized carbons (Fsp3) is 0.259. The van der Waals surface area contributed by atoms with E-state index in [-0.39, 0.29) is 30.0 Å². The molecule has 3 aromatic rings. The smallest absolute Gasteiger partial charge is 0.240 e. The van der Waals surface area contributed by atoms with Crippen LogP contribution in [0.15, 0.2) is 77.7 Å². The summed E-state index contributed by atoms with van der Waals surface area (Å²) in [4.78, 5) is 28.6. The molecule has 1 aliphatic heterocycles. The van der Waals surface area contributed by atoms with Crippen molar-refractivity contribution in [2.45, 2.75) is 23.0 Å². The van der Waals surface area contributed by atoms with Gasteiger partial charge in [-0.05, 0) is 41.8 Å². The number of hydrogen-bond acceptors (Lipinski definition) is 5. The van der Waals surface area contributed by atoms with Gasteiger partial charge in [0.05, 0.1) is 19.9 Å². The zero-order valence-corrected chi connectivity index (χ0v) is 20.1. The lowest BCUT2D eigenvalue weighted by molar-refractivity contribution is -0.123. The minimum absolute atomic E-state index is 0.0101. The van der Waals surface area contributed by atoms with Gasteiger partial charge in [-0.15, -0.1) is 11.8 Å². The molecule has 0 aliphatic carbocycles. The van der Waals surface area contributed by atoms with E-state index >= 15 is 0 Å². The van der Waals surface area contributed by atoms with Crippen molar-refractivity contribution in [3.05, 3.63) is 83.9 Å². The zero-order chi connectivity index (χ0) is 23.9. The Balaban J connectivity index is 1.49. The molecule has 1 heterocycles. The van der Waals surface area contributed by atoms with E-state index in [1.54, 1.807) is 30.9 Å². The van der Waals surface area contributed by atoms with Crippen LogP contribution in [0.1, 0.15) is 22.8 Å². The number of carbonyl (C=O) groups is 2. The van der Waals surface area contributed by atoms with Crippen LogP contribution < -0.4 is 19.7 Å². The minimum atomic E-state index is -0.173. The van der Waals surface area contributed by atoms with Gasteiger partial charge in [0, 0.05) is 23.1 Å². The first-order valence-corrected chi connectivity index (χ1v) is 12.1. The fourth-order valence-electron chi connectivity index (χ4n) is 3.98. The van der Waals surface area contributed by atoms with Crippen LogP contribution in [0.2, 0.25) is 0 Å². The molecule has 6 nitrogen and oxygen atoms in total. The maximum Gasteiger partial charge on any atom is 0.240 e. The van der Waals surface area contributed by atoms with Gasteiger partial charge in [-0.1, -0.05) is 48.5 Å². The van der Waals surface area contributed by atoms with E-state index in [2.05, 4.69) is 5.32 Å². The first-order valence-electron chi connectivity index (χ1n) is 11.2. The number of benzene rings is 3. The number of fused-ring (bicyclic) bond motifs is 1. The van der Waals surface area contributed by atoms with E-state index in [1.807, 2.05) is 72.8 Å². The number of thioether (sulfide) groups is 1. The average Bonchev–Trinajstić information content (AvgIpc) is 3.00. The Bertz CT molecular complexity index is 1150. The molecule has 1 atom stereocenters. The number of amides is 2. The van der Waals surface area contributed by atoms with Crippen LogP contribution in [-0.4, -0.2) is 39.1 Å². The Kier molecular flexibility index (Phi) is 7.75. The number of methoxy groups -OCH3 is 2. The molecule has 2 amide bonds. The number of nitrogens with one attached hydrogen (secondary N) is 1. The second kappa shape index (κ2) is 11.1. The first kappa shape index (κ1) is 23.7. The first-order chi connectivity index (χ1) is 16.6. The predicted octanol–water partition coefficient (Wildman–Crippen LogP) is 4.63. The van der Waals surface area contributed by atoms with Gasteiger partial charge >= 0.3 is 0 Å². The van der Waals surface area contributed by atoms with E-state index in [0.29, 0.717) is 18.0 Å². The molecular formula is C27H28N2O4S. The molecule has 176 valence electrons. The molecule has 1 N–H and O–H groups in total. The number of para-hydroxylation sites is 1. The van der Waals surface area contributed by atoms with Crippen molar-refractivity contribution < 1.29 is 19.1 Å². The zero-order valence-electron chi connectivity index (χ0n) is 19.3. The van der Waals surface area contributed by atoms with Crippen LogP contribution in [0.5, 0.6) is 11.5 Å². The van der Waals surface area contributed by atoms with Crippen molar-refractivity contribution >= 4 is 29.3 Å². The second-order valence-corrected chi connectivity index (χ2v) is 9.20. The minimum Gasteiger partial charge on any atom is -0.493 e. The number of nitrogens with zero attached hydrogens (tertiary/aromatic N) is 1. The van der Waals surface area contributed by atoms with Crippen molar-refractivity contribution in [1.29, 1.82) is 0 Å². The molecule has 0 saturated carbocycles. The van der Waals surface area contributed by atoms with Gasteiger partial charge < -0.3 is 19.7 Å². The largest absolute Gasteiger partial charge is 0.493 e. The molecule has 0 unspecified atom stereocenters. The number of carbonyl (C=O) groups excluding carboxylic acids is 2. The van der Waals surface area contributed by atoms with Gasteiger partial charge in [0.2, 0.25) is 11.8 Å². The lowest BCUT2D eigenvalue weighted by Gasteiger charge is -2.22. The van der Waals surface area contributed by atoms with Gasteiger partial charge in [0.1, 0.15) is 6.54 Å². The summed E-state index contributed by atoms with van der Waals surface area (Å²) in [5.74, 6) is 1.01. The van der Waals surface area contributed by atoms with Gasteiger partial charge in [0.15, 0.2) is 11.5 Å². The van der Waals surface area contributed by atoms with Crippen molar-refractivity contribution in [2.75, 3.05) is 32.2 Å². The highest BCUT2D eigenvalue weighted by molar-refractivity contribution is 7.99. The topological polar surface area (TPSA) is 67.9 Å². The summed E-state index contributed by atoms with van der Waals surface area (Å²) in [5, 5.41) is 2.84. The highest BCUT2D eigenvalue weighted by Gasteiger charge is 2.30. The summed E-state index contributed by atoms with van der Waals surface area (Å²) < 4.78 is 10.8. The third-order valence-electron chi connectivity index (χ3n) is 5.75. The van der Waals surface area contributed by atoms with E-state index < -0.39 is 0 Å². The molecule has 7 heteroatoms. The molecule has 0 bridgehead atoms.